The second-order valence-electron chi connectivity index (χ2n) is 16.2. The third-order valence-electron chi connectivity index (χ3n) is 10.9. The maximum absolute atomic E-state index is 12.8. The van der Waals surface area contributed by atoms with Crippen molar-refractivity contribution in [2.75, 3.05) is 26.4 Å². The van der Waals surface area contributed by atoms with Crippen LogP contribution in [0.2, 0.25) is 0 Å². The molecule has 7 N–H and O–H groups in total. The van der Waals surface area contributed by atoms with Gasteiger partial charge in [-0.05, 0) is 44.9 Å². The van der Waals surface area contributed by atoms with Crippen molar-refractivity contribution >= 4 is 11.9 Å². The van der Waals surface area contributed by atoms with Crippen molar-refractivity contribution < 1.29 is 73.8 Å². The van der Waals surface area contributed by atoms with Crippen molar-refractivity contribution in [2.45, 2.75) is 223 Å². The Hall–Kier alpha value is -2.02. The Morgan fingerprint density at radius 1 is 0.533 bits per heavy atom. The topological polar surface area (TPSA) is 231 Å². The fraction of sp³-hybridized carbons (Fsp3) is 0.867. The summed E-state index contributed by atoms with van der Waals surface area (Å²) in [5.74, 6) is -0.957. The van der Waals surface area contributed by atoms with Crippen molar-refractivity contribution in [3.05, 3.63) is 24.3 Å². The maximum Gasteiger partial charge on any atom is 0.306 e. The Bertz CT molecular complexity index is 1150. The molecule has 2 fully saturated rings. The molecule has 0 aromatic carbocycles. The van der Waals surface area contributed by atoms with Crippen molar-refractivity contribution in [3.63, 3.8) is 0 Å². The van der Waals surface area contributed by atoms with Crippen LogP contribution in [-0.2, 0) is 38.0 Å². The van der Waals surface area contributed by atoms with Gasteiger partial charge in [0.2, 0.25) is 0 Å². The molecule has 0 aromatic heterocycles. The molecule has 2 rings (SSSR count). The molecule has 0 aromatic rings. The quantitative estimate of drug-likeness (QED) is 0.0261. The lowest BCUT2D eigenvalue weighted by Gasteiger charge is -2.42. The first kappa shape index (κ1) is 54.1. The molecule has 0 aliphatic carbocycles. The SMILES string of the molecule is CCCCCCC/C=C\C/C=C\CCCCCCCCCCCC(=O)OC(COC(=O)CCCCC)COC1OC(COC2OC(CO)C(O)C(O)C2O)C(O)C(O)C1O. The number of carbonyl (C=O) groups is 2. The summed E-state index contributed by atoms with van der Waals surface area (Å²) in [6.07, 6.45) is 14.7. The summed E-state index contributed by atoms with van der Waals surface area (Å²) < 4.78 is 33.2. The summed E-state index contributed by atoms with van der Waals surface area (Å²) in [5.41, 5.74) is 0. The van der Waals surface area contributed by atoms with E-state index in [0.29, 0.717) is 12.8 Å². The average Bonchev–Trinajstić information content (AvgIpc) is 3.24. The van der Waals surface area contributed by atoms with Crippen LogP contribution in [0.15, 0.2) is 24.3 Å². The highest BCUT2D eigenvalue weighted by atomic mass is 16.7. The number of esters is 2. The van der Waals surface area contributed by atoms with Crippen LogP contribution in [0.3, 0.4) is 0 Å². The van der Waals surface area contributed by atoms with Crippen LogP contribution in [0.1, 0.15) is 155 Å². The number of unbranched alkanes of at least 4 members (excludes halogenated alkanes) is 16. The number of hydrogen-bond donors (Lipinski definition) is 7. The number of allylic oxidation sites excluding steroid dienone is 4. The molecule has 2 heterocycles. The van der Waals surface area contributed by atoms with Gasteiger partial charge in [-0.2, -0.15) is 0 Å². The number of hydrogen-bond acceptors (Lipinski definition) is 15. The monoisotopic (exact) mass is 861 g/mol. The second-order valence-corrected chi connectivity index (χ2v) is 16.2. The highest BCUT2D eigenvalue weighted by molar-refractivity contribution is 5.70. The van der Waals surface area contributed by atoms with Gasteiger partial charge in [-0.1, -0.05) is 122 Å². The molecule has 0 amide bonds. The molecule has 11 unspecified atom stereocenters. The summed E-state index contributed by atoms with van der Waals surface area (Å²) in [6, 6.07) is 0. The van der Waals surface area contributed by atoms with E-state index in [2.05, 4.69) is 31.2 Å². The summed E-state index contributed by atoms with van der Waals surface area (Å²) in [7, 11) is 0. The van der Waals surface area contributed by atoms with Crippen LogP contribution < -0.4 is 0 Å². The highest BCUT2D eigenvalue weighted by Crippen LogP contribution is 2.26. The first-order valence-electron chi connectivity index (χ1n) is 22.9. The summed E-state index contributed by atoms with van der Waals surface area (Å²) in [5, 5.41) is 71.5. The third-order valence-corrected chi connectivity index (χ3v) is 10.9. The number of ether oxygens (including phenoxy) is 6. The third kappa shape index (κ3) is 22.4. The lowest BCUT2D eigenvalue weighted by atomic mass is 9.98. The fourth-order valence-electron chi connectivity index (χ4n) is 7.07. The van der Waals surface area contributed by atoms with Gasteiger partial charge in [0, 0.05) is 12.8 Å². The zero-order valence-electron chi connectivity index (χ0n) is 36.4. The average molecular weight is 861 g/mol. The van der Waals surface area contributed by atoms with Gasteiger partial charge in [0.25, 0.3) is 0 Å². The molecular weight excluding hydrogens is 780 g/mol. The van der Waals surface area contributed by atoms with Crippen LogP contribution in [0.5, 0.6) is 0 Å². The Labute approximate surface area is 358 Å². The molecule has 2 aliphatic heterocycles. The van der Waals surface area contributed by atoms with Crippen LogP contribution in [-0.4, -0.2) is 142 Å². The molecule has 15 nitrogen and oxygen atoms in total. The molecule has 60 heavy (non-hydrogen) atoms. The molecule has 0 saturated carbocycles. The molecule has 350 valence electrons. The molecule has 2 saturated heterocycles. The van der Waals surface area contributed by atoms with Crippen molar-refractivity contribution in [3.8, 4) is 0 Å². The predicted molar refractivity (Wildman–Crippen MR) is 224 cm³/mol. The first-order valence-corrected chi connectivity index (χ1v) is 22.9. The van der Waals surface area contributed by atoms with Gasteiger partial charge in [0.05, 0.1) is 19.8 Å². The van der Waals surface area contributed by atoms with Gasteiger partial charge in [0.1, 0.15) is 55.4 Å². The van der Waals surface area contributed by atoms with E-state index in [-0.39, 0.29) is 26.1 Å². The van der Waals surface area contributed by atoms with E-state index in [4.69, 9.17) is 28.4 Å². The molecular formula is C45H80O15. The van der Waals surface area contributed by atoms with Gasteiger partial charge < -0.3 is 64.2 Å². The van der Waals surface area contributed by atoms with Gasteiger partial charge in [-0.3, -0.25) is 9.59 Å². The molecule has 0 bridgehead atoms. The molecule has 11 atom stereocenters. The molecule has 0 spiro atoms. The summed E-state index contributed by atoms with van der Waals surface area (Å²) >= 11 is 0. The van der Waals surface area contributed by atoms with Crippen LogP contribution in [0.25, 0.3) is 0 Å². The van der Waals surface area contributed by atoms with Crippen molar-refractivity contribution in [2.24, 2.45) is 0 Å². The first-order chi connectivity index (χ1) is 29.0. The minimum absolute atomic E-state index is 0.161. The number of aliphatic hydroxyl groups is 7. The number of rotatable bonds is 34. The molecule has 2 aliphatic rings. The van der Waals surface area contributed by atoms with Gasteiger partial charge >= 0.3 is 11.9 Å². The van der Waals surface area contributed by atoms with E-state index in [0.717, 1.165) is 51.4 Å². The fourth-order valence-corrected chi connectivity index (χ4v) is 7.07. The Morgan fingerprint density at radius 2 is 1.00 bits per heavy atom. The largest absolute Gasteiger partial charge is 0.462 e. The van der Waals surface area contributed by atoms with E-state index in [1.165, 1.54) is 64.2 Å². The lowest BCUT2D eigenvalue weighted by molar-refractivity contribution is -0.332. The number of aliphatic hydroxyl groups excluding tert-OH is 7. The second kappa shape index (κ2) is 33.5. The van der Waals surface area contributed by atoms with E-state index in [1.807, 2.05) is 6.92 Å². The standard InChI is InChI=1S/C45H80O15/c1-3-5-7-8-9-10-11-12-13-14-15-16-17-18-19-20-21-22-23-24-26-28-37(48)58-33(30-55-36(47)27-25-6-4-2)31-56-44-43(54)41(52)39(50)35(60-44)32-57-45-42(53)40(51)38(49)34(29-46)59-45/h11-12,14-15,33-35,38-46,49-54H,3-10,13,16-32H2,1-2H3/b12-11-,15-14-. The normalized spacial score (nSPS) is 27.8. The van der Waals surface area contributed by atoms with E-state index >= 15 is 0 Å². The van der Waals surface area contributed by atoms with Crippen LogP contribution in [0, 0.1) is 0 Å². The van der Waals surface area contributed by atoms with Crippen LogP contribution in [0.4, 0.5) is 0 Å². The Kier molecular flexibility index (Phi) is 30.2. The van der Waals surface area contributed by atoms with Crippen molar-refractivity contribution in [1.82, 2.24) is 0 Å². The van der Waals surface area contributed by atoms with Crippen molar-refractivity contribution in [1.29, 1.82) is 0 Å². The predicted octanol–water partition coefficient (Wildman–Crippen LogP) is 4.82. The van der Waals surface area contributed by atoms with Crippen LogP contribution >= 0.6 is 0 Å². The smallest absolute Gasteiger partial charge is 0.306 e. The minimum Gasteiger partial charge on any atom is -0.462 e. The van der Waals surface area contributed by atoms with Gasteiger partial charge in [-0.25, -0.2) is 0 Å². The zero-order valence-corrected chi connectivity index (χ0v) is 36.4. The molecule has 15 heteroatoms. The zero-order chi connectivity index (χ0) is 44.0. The molecule has 0 radical (unpaired) electrons. The lowest BCUT2D eigenvalue weighted by Crippen LogP contribution is -2.61. The van der Waals surface area contributed by atoms with Gasteiger partial charge in [-0.15, -0.1) is 0 Å². The Balaban J connectivity index is 1.71. The summed E-state index contributed by atoms with van der Waals surface area (Å²) in [4.78, 5) is 25.2. The maximum atomic E-state index is 12.8. The minimum atomic E-state index is -1.76. The highest BCUT2D eigenvalue weighted by Gasteiger charge is 2.47. The number of carbonyl (C=O) groups excluding carboxylic acids is 2. The van der Waals surface area contributed by atoms with E-state index in [9.17, 15) is 45.3 Å². The Morgan fingerprint density at radius 3 is 1.58 bits per heavy atom. The van der Waals surface area contributed by atoms with E-state index in [1.54, 1.807) is 0 Å². The summed E-state index contributed by atoms with van der Waals surface area (Å²) in [6.45, 7) is 2.37. The van der Waals surface area contributed by atoms with Gasteiger partial charge in [0.15, 0.2) is 18.7 Å². The van der Waals surface area contributed by atoms with E-state index < -0.39 is 92.7 Å².